The molecule has 38 heavy (non-hydrogen) atoms. The zero-order chi connectivity index (χ0) is 26.4. The second-order valence-corrected chi connectivity index (χ2v) is 10.7. The van der Waals surface area contributed by atoms with Gasteiger partial charge in [-0.05, 0) is 48.4 Å². The minimum Gasteiger partial charge on any atom is -0.366 e. The molecule has 4 heterocycles. The van der Waals surface area contributed by atoms with E-state index in [1.807, 2.05) is 38.3 Å². The number of nitrogens with zero attached hydrogens (tertiary/aromatic N) is 5. The third kappa shape index (κ3) is 4.41. The summed E-state index contributed by atoms with van der Waals surface area (Å²) in [5.74, 6) is -1.44. The number of thiazole rings is 1. The number of primary amides is 1. The first-order valence-corrected chi connectivity index (χ1v) is 13.5. The Balaban J connectivity index is 1.05. The van der Waals surface area contributed by atoms with Crippen LogP contribution in [0.4, 0.5) is 15.8 Å². The molecule has 1 aromatic heterocycles. The average Bonchev–Trinajstić information content (AvgIpc) is 3.58. The molecule has 2 fully saturated rings. The number of carbonyl (C=O) groups excluding carboxylic acids is 3. The highest BCUT2D eigenvalue weighted by Gasteiger charge is 2.37. The number of benzene rings is 2. The van der Waals surface area contributed by atoms with Crippen LogP contribution < -0.4 is 10.6 Å². The number of aromatic nitrogens is 1. The summed E-state index contributed by atoms with van der Waals surface area (Å²) in [6.45, 7) is 4.93. The highest BCUT2D eigenvalue weighted by atomic mass is 32.1. The lowest BCUT2D eigenvalue weighted by molar-refractivity contribution is 0.00852. The lowest BCUT2D eigenvalue weighted by Gasteiger charge is -2.48. The summed E-state index contributed by atoms with van der Waals surface area (Å²) in [4.78, 5) is 49.5. The fourth-order valence-corrected chi connectivity index (χ4v) is 6.06. The molecule has 0 atom stereocenters. The highest BCUT2D eigenvalue weighted by Crippen LogP contribution is 2.36. The van der Waals surface area contributed by atoms with Crippen LogP contribution in [0.3, 0.4) is 0 Å². The molecule has 0 radical (unpaired) electrons. The largest absolute Gasteiger partial charge is 0.366 e. The Labute approximate surface area is 223 Å². The van der Waals surface area contributed by atoms with Crippen molar-refractivity contribution in [3.63, 3.8) is 0 Å². The van der Waals surface area contributed by atoms with Gasteiger partial charge >= 0.3 is 0 Å². The quantitative estimate of drug-likeness (QED) is 0.539. The fourth-order valence-electron chi connectivity index (χ4n) is 5.46. The Morgan fingerprint density at radius 2 is 1.74 bits per heavy atom. The summed E-state index contributed by atoms with van der Waals surface area (Å²) in [7, 11) is 0. The molecule has 0 saturated carbocycles. The Morgan fingerprint density at radius 1 is 0.947 bits per heavy atom. The maximum atomic E-state index is 13.9. The van der Waals surface area contributed by atoms with E-state index in [-0.39, 0.29) is 17.4 Å². The Hall–Kier alpha value is -3.83. The van der Waals surface area contributed by atoms with Gasteiger partial charge in [0.1, 0.15) is 5.82 Å². The number of nitrogens with two attached hydrogens (primary N) is 1. The van der Waals surface area contributed by atoms with E-state index in [1.165, 1.54) is 23.5 Å². The number of anilines is 2. The Kier molecular flexibility index (Phi) is 6.32. The van der Waals surface area contributed by atoms with Gasteiger partial charge in [-0.2, -0.15) is 0 Å². The second kappa shape index (κ2) is 9.80. The van der Waals surface area contributed by atoms with Gasteiger partial charge in [-0.1, -0.05) is 0 Å². The number of carbonyl (C=O) groups is 3. The van der Waals surface area contributed by atoms with Crippen LogP contribution in [0.2, 0.25) is 0 Å². The predicted molar refractivity (Wildman–Crippen MR) is 141 cm³/mol. The topological polar surface area (TPSA) is 103 Å². The molecule has 0 bridgehead atoms. The molecule has 3 aromatic rings. The first-order chi connectivity index (χ1) is 18.4. The van der Waals surface area contributed by atoms with Gasteiger partial charge in [0.2, 0.25) is 0 Å². The minimum atomic E-state index is -0.802. The molecule has 3 aliphatic heterocycles. The van der Waals surface area contributed by atoms with Gasteiger partial charge in [0.05, 0.1) is 5.56 Å². The minimum absolute atomic E-state index is 0.00650. The number of rotatable bonds is 5. The number of fused-ring (bicyclic) bond motifs is 1. The van der Waals surface area contributed by atoms with E-state index >= 15 is 0 Å². The van der Waals surface area contributed by atoms with Crippen LogP contribution >= 0.6 is 11.3 Å². The van der Waals surface area contributed by atoms with E-state index in [0.29, 0.717) is 55.0 Å². The van der Waals surface area contributed by atoms with Gasteiger partial charge < -0.3 is 20.4 Å². The SMILES string of the molecule is NC(=O)c1cc(N2CCc3cc(C(=O)N4CC(N5CCN(C(=O)c6nccs6)CC5)C4)ccc32)ccc1F. The van der Waals surface area contributed by atoms with Crippen molar-refractivity contribution in [3.05, 3.63) is 75.5 Å². The molecule has 6 rings (SSSR count). The third-order valence-electron chi connectivity index (χ3n) is 7.63. The molecule has 196 valence electrons. The van der Waals surface area contributed by atoms with Gasteiger partial charge in [0.25, 0.3) is 17.7 Å². The van der Waals surface area contributed by atoms with E-state index in [9.17, 15) is 18.8 Å². The van der Waals surface area contributed by atoms with Gasteiger partial charge in [-0.25, -0.2) is 9.37 Å². The number of hydrogen-bond acceptors (Lipinski definition) is 7. The molecule has 0 unspecified atom stereocenters. The molecular weight excluding hydrogens is 507 g/mol. The number of likely N-dealkylation sites (tertiary alicyclic amines) is 1. The molecule has 2 saturated heterocycles. The van der Waals surface area contributed by atoms with Crippen molar-refractivity contribution >= 4 is 40.4 Å². The van der Waals surface area contributed by atoms with Crippen LogP contribution in [0.15, 0.2) is 48.0 Å². The summed E-state index contributed by atoms with van der Waals surface area (Å²) in [6, 6.07) is 10.3. The van der Waals surface area contributed by atoms with Gasteiger partial charge in [0.15, 0.2) is 5.01 Å². The number of hydrogen-bond donors (Lipinski definition) is 1. The Bertz CT molecular complexity index is 1400. The number of amides is 3. The zero-order valence-corrected chi connectivity index (χ0v) is 21.5. The van der Waals surface area contributed by atoms with Gasteiger partial charge in [0, 0.05) is 80.4 Å². The summed E-state index contributed by atoms with van der Waals surface area (Å²) < 4.78 is 13.9. The van der Waals surface area contributed by atoms with Crippen molar-refractivity contribution in [2.45, 2.75) is 12.5 Å². The molecule has 3 amide bonds. The summed E-state index contributed by atoms with van der Waals surface area (Å²) in [5, 5.41) is 2.34. The lowest BCUT2D eigenvalue weighted by atomic mass is 10.0. The van der Waals surface area contributed by atoms with Crippen LogP contribution in [-0.4, -0.2) is 89.3 Å². The molecule has 0 spiro atoms. The third-order valence-corrected chi connectivity index (χ3v) is 8.39. The van der Waals surface area contributed by atoms with Crippen LogP contribution in [0.5, 0.6) is 0 Å². The van der Waals surface area contributed by atoms with Gasteiger partial charge in [-0.15, -0.1) is 11.3 Å². The smallest absolute Gasteiger partial charge is 0.282 e. The van der Waals surface area contributed by atoms with E-state index in [0.717, 1.165) is 30.8 Å². The van der Waals surface area contributed by atoms with E-state index < -0.39 is 11.7 Å². The Morgan fingerprint density at radius 3 is 2.45 bits per heavy atom. The molecule has 11 heteroatoms. The normalized spacial score (nSPS) is 17.9. The zero-order valence-electron chi connectivity index (χ0n) is 20.7. The van der Waals surface area contributed by atoms with Crippen molar-refractivity contribution in [1.29, 1.82) is 0 Å². The molecule has 2 N–H and O–H groups in total. The lowest BCUT2D eigenvalue weighted by Crippen LogP contribution is -2.64. The van der Waals surface area contributed by atoms with Gasteiger partial charge in [-0.3, -0.25) is 19.3 Å². The van der Waals surface area contributed by atoms with E-state index in [2.05, 4.69) is 9.88 Å². The second-order valence-electron chi connectivity index (χ2n) is 9.80. The first-order valence-electron chi connectivity index (χ1n) is 12.6. The van der Waals surface area contributed by atoms with Crippen LogP contribution in [0.25, 0.3) is 0 Å². The molecular formula is C27H27FN6O3S. The molecule has 0 aliphatic carbocycles. The summed E-state index contributed by atoms with van der Waals surface area (Å²) >= 11 is 1.36. The fraction of sp³-hybridized carbons (Fsp3) is 0.333. The highest BCUT2D eigenvalue weighted by molar-refractivity contribution is 7.11. The van der Waals surface area contributed by atoms with Crippen molar-refractivity contribution in [2.75, 3.05) is 50.7 Å². The van der Waals surface area contributed by atoms with E-state index in [1.54, 1.807) is 12.3 Å². The van der Waals surface area contributed by atoms with Crippen molar-refractivity contribution < 1.29 is 18.8 Å². The monoisotopic (exact) mass is 534 g/mol. The number of halogens is 1. The number of piperazine rings is 1. The van der Waals surface area contributed by atoms with Crippen molar-refractivity contribution in [3.8, 4) is 0 Å². The molecule has 9 nitrogen and oxygen atoms in total. The molecule has 2 aromatic carbocycles. The maximum Gasteiger partial charge on any atom is 0.282 e. The standard InChI is InChI=1S/C27H27FN6O3S/c28-22-3-2-19(14-21(22)24(29)35)34-7-5-17-13-18(1-4-23(17)34)26(36)33-15-20(16-33)31-8-10-32(11-9-31)27(37)25-30-6-12-38-25/h1-4,6,12-14,20H,5,7-11,15-16H2,(H2,29,35). The summed E-state index contributed by atoms with van der Waals surface area (Å²) in [6.07, 6.45) is 2.39. The van der Waals surface area contributed by atoms with Crippen molar-refractivity contribution in [1.82, 2.24) is 19.7 Å². The maximum absolute atomic E-state index is 13.9. The van der Waals surface area contributed by atoms with Crippen LogP contribution in [0, 0.1) is 5.82 Å². The average molecular weight is 535 g/mol. The van der Waals surface area contributed by atoms with Crippen LogP contribution in [-0.2, 0) is 6.42 Å². The van der Waals surface area contributed by atoms with E-state index in [4.69, 9.17) is 5.73 Å². The summed E-state index contributed by atoms with van der Waals surface area (Å²) in [5.41, 5.74) is 8.50. The first kappa shape index (κ1) is 24.5. The van der Waals surface area contributed by atoms with Crippen molar-refractivity contribution in [2.24, 2.45) is 5.73 Å². The molecule has 3 aliphatic rings. The van der Waals surface area contributed by atoms with Crippen LogP contribution in [0.1, 0.15) is 36.1 Å². The predicted octanol–water partition coefficient (Wildman–Crippen LogP) is 2.36.